The Labute approximate surface area is 123 Å². The van der Waals surface area contributed by atoms with E-state index in [4.69, 9.17) is 9.47 Å². The lowest BCUT2D eigenvalue weighted by Crippen LogP contribution is -2.33. The molecule has 1 aliphatic heterocycles. The van der Waals surface area contributed by atoms with Gasteiger partial charge in [-0.2, -0.15) is 0 Å². The van der Waals surface area contributed by atoms with E-state index < -0.39 is 23.6 Å². The number of hydrogen-bond acceptors (Lipinski definition) is 5. The van der Waals surface area contributed by atoms with E-state index in [0.717, 1.165) is 0 Å². The Balaban J connectivity index is 2.36. The highest BCUT2D eigenvalue weighted by molar-refractivity contribution is 9.11. The minimum absolute atomic E-state index is 0.193. The number of rotatable bonds is 4. The average Bonchev–Trinajstić information content (AvgIpc) is 2.85. The molecule has 0 unspecified atom stereocenters. The lowest BCUT2D eigenvalue weighted by Gasteiger charge is -2.15. The second-order valence-electron chi connectivity index (χ2n) is 4.37. The van der Waals surface area contributed by atoms with Crippen molar-refractivity contribution in [3.8, 4) is 0 Å². The number of nitrogens with one attached hydrogen (secondary N) is 1. The molecule has 1 aromatic rings. The van der Waals surface area contributed by atoms with E-state index in [1.807, 2.05) is 0 Å². The molecule has 1 aromatic heterocycles. The molecule has 7 nitrogen and oxygen atoms in total. The summed E-state index contributed by atoms with van der Waals surface area (Å²) in [5, 5.41) is 9.22. The Bertz CT molecular complexity index is 597. The van der Waals surface area contributed by atoms with Gasteiger partial charge in [-0.1, -0.05) is 15.9 Å². The Morgan fingerprint density at radius 3 is 2.95 bits per heavy atom. The van der Waals surface area contributed by atoms with Crippen LogP contribution in [0.2, 0.25) is 0 Å². The SMILES string of the molecule is CO[C@H]1C[C@H](n2cc(/C=C/Br)c(=O)[nH]c2=O)O[C@@H]1CO. The van der Waals surface area contributed by atoms with Crippen LogP contribution in [0, 0.1) is 0 Å². The maximum Gasteiger partial charge on any atom is 0.330 e. The van der Waals surface area contributed by atoms with Crippen LogP contribution < -0.4 is 11.2 Å². The first-order valence-electron chi connectivity index (χ1n) is 6.02. The van der Waals surface area contributed by atoms with E-state index in [9.17, 15) is 14.7 Å². The zero-order chi connectivity index (χ0) is 14.7. The first-order valence-corrected chi connectivity index (χ1v) is 6.93. The molecule has 0 radical (unpaired) electrons. The predicted molar refractivity (Wildman–Crippen MR) is 75.7 cm³/mol. The smallest absolute Gasteiger partial charge is 0.330 e. The fourth-order valence-corrected chi connectivity index (χ4v) is 2.47. The third-order valence-electron chi connectivity index (χ3n) is 3.21. The summed E-state index contributed by atoms with van der Waals surface area (Å²) >= 11 is 3.08. The molecule has 2 rings (SSSR count). The van der Waals surface area contributed by atoms with Crippen molar-refractivity contribution in [1.29, 1.82) is 0 Å². The summed E-state index contributed by atoms with van der Waals surface area (Å²) in [7, 11) is 1.52. The van der Waals surface area contributed by atoms with Crippen LogP contribution in [-0.4, -0.2) is 40.6 Å². The van der Waals surface area contributed by atoms with Gasteiger partial charge in [-0.25, -0.2) is 4.79 Å². The van der Waals surface area contributed by atoms with Crippen LogP contribution in [0.5, 0.6) is 0 Å². The van der Waals surface area contributed by atoms with Crippen molar-refractivity contribution in [1.82, 2.24) is 9.55 Å². The van der Waals surface area contributed by atoms with Crippen molar-refractivity contribution in [2.75, 3.05) is 13.7 Å². The van der Waals surface area contributed by atoms with Crippen LogP contribution in [0.15, 0.2) is 20.8 Å². The molecule has 0 spiro atoms. The van der Waals surface area contributed by atoms with Gasteiger partial charge in [0.05, 0.1) is 18.3 Å². The standard InChI is InChI=1S/C12H15BrN2O5/c1-19-8-4-10(20-9(8)6-16)15-5-7(2-3-13)11(17)14-12(15)18/h2-3,5,8-10,16H,4,6H2,1H3,(H,14,17,18)/b3-2+/t8-,9+,10+/m0/s1. The quantitative estimate of drug-likeness (QED) is 0.812. The Hall–Kier alpha value is -1.22. The summed E-state index contributed by atoms with van der Waals surface area (Å²) in [5.74, 6) is 0. The third-order valence-corrected chi connectivity index (χ3v) is 3.48. The van der Waals surface area contributed by atoms with E-state index in [1.165, 1.54) is 28.9 Å². The van der Waals surface area contributed by atoms with Gasteiger partial charge in [-0.3, -0.25) is 14.3 Å². The van der Waals surface area contributed by atoms with Crippen molar-refractivity contribution in [2.45, 2.75) is 24.9 Å². The molecule has 1 aliphatic rings. The Kier molecular flexibility index (Phi) is 4.92. The Morgan fingerprint density at radius 1 is 1.65 bits per heavy atom. The van der Waals surface area contributed by atoms with Crippen LogP contribution >= 0.6 is 15.9 Å². The molecule has 110 valence electrons. The molecular formula is C12H15BrN2O5. The molecule has 0 amide bonds. The van der Waals surface area contributed by atoms with Gasteiger partial charge in [0.15, 0.2) is 0 Å². The van der Waals surface area contributed by atoms with Crippen LogP contribution in [-0.2, 0) is 9.47 Å². The minimum atomic E-state index is -0.580. The average molecular weight is 347 g/mol. The number of aromatic amines is 1. The summed E-state index contributed by atoms with van der Waals surface area (Å²) in [6.07, 6.45) is 2.02. The number of aliphatic hydroxyl groups excluding tert-OH is 1. The number of nitrogens with zero attached hydrogens (tertiary/aromatic N) is 1. The van der Waals surface area contributed by atoms with Gasteiger partial charge in [-0.15, -0.1) is 0 Å². The number of hydrogen-bond donors (Lipinski definition) is 2. The van der Waals surface area contributed by atoms with E-state index >= 15 is 0 Å². The zero-order valence-corrected chi connectivity index (χ0v) is 12.4. The third kappa shape index (κ3) is 2.93. The molecule has 0 bridgehead atoms. The molecular weight excluding hydrogens is 332 g/mol. The van der Waals surface area contributed by atoms with Crippen LogP contribution in [0.3, 0.4) is 0 Å². The molecule has 3 atom stereocenters. The van der Waals surface area contributed by atoms with Gasteiger partial charge in [0.25, 0.3) is 5.56 Å². The van der Waals surface area contributed by atoms with Crippen LogP contribution in [0.25, 0.3) is 6.08 Å². The van der Waals surface area contributed by atoms with Gasteiger partial charge >= 0.3 is 5.69 Å². The van der Waals surface area contributed by atoms with Crippen LogP contribution in [0.1, 0.15) is 18.2 Å². The van der Waals surface area contributed by atoms with Crippen molar-refractivity contribution >= 4 is 22.0 Å². The van der Waals surface area contributed by atoms with E-state index in [-0.39, 0.29) is 12.7 Å². The highest BCUT2D eigenvalue weighted by Gasteiger charge is 2.36. The fraction of sp³-hybridized carbons (Fsp3) is 0.500. The second-order valence-corrected chi connectivity index (χ2v) is 4.89. The fourth-order valence-electron chi connectivity index (χ4n) is 2.18. The number of methoxy groups -OCH3 is 1. The van der Waals surface area contributed by atoms with Crippen LogP contribution in [0.4, 0.5) is 0 Å². The molecule has 1 saturated heterocycles. The lowest BCUT2D eigenvalue weighted by atomic mass is 10.2. The summed E-state index contributed by atoms with van der Waals surface area (Å²) < 4.78 is 12.1. The lowest BCUT2D eigenvalue weighted by molar-refractivity contribution is -0.0535. The Morgan fingerprint density at radius 2 is 2.40 bits per heavy atom. The summed E-state index contributed by atoms with van der Waals surface area (Å²) in [6, 6.07) is 0. The number of aliphatic hydroxyl groups is 1. The summed E-state index contributed by atoms with van der Waals surface area (Å²) in [4.78, 5) is 27.2. The van der Waals surface area contributed by atoms with E-state index in [1.54, 1.807) is 0 Å². The molecule has 2 heterocycles. The van der Waals surface area contributed by atoms with Gasteiger partial charge in [0.1, 0.15) is 12.3 Å². The van der Waals surface area contributed by atoms with Crippen molar-refractivity contribution in [3.05, 3.63) is 37.6 Å². The zero-order valence-electron chi connectivity index (χ0n) is 10.8. The van der Waals surface area contributed by atoms with Crippen molar-refractivity contribution in [2.24, 2.45) is 0 Å². The van der Waals surface area contributed by atoms with Crippen molar-refractivity contribution in [3.63, 3.8) is 0 Å². The topological polar surface area (TPSA) is 93.6 Å². The maximum atomic E-state index is 11.9. The van der Waals surface area contributed by atoms with Gasteiger partial charge in [-0.05, 0) is 11.1 Å². The summed E-state index contributed by atoms with van der Waals surface area (Å²) in [5.41, 5.74) is -0.700. The maximum absolute atomic E-state index is 11.9. The molecule has 20 heavy (non-hydrogen) atoms. The predicted octanol–water partition coefficient (Wildman–Crippen LogP) is 0.197. The first kappa shape index (κ1) is 15.2. The largest absolute Gasteiger partial charge is 0.394 e. The molecule has 0 aliphatic carbocycles. The monoisotopic (exact) mass is 346 g/mol. The molecule has 0 aromatic carbocycles. The normalized spacial score (nSPS) is 26.4. The first-order chi connectivity index (χ1) is 9.60. The minimum Gasteiger partial charge on any atom is -0.394 e. The molecule has 8 heteroatoms. The number of ether oxygens (including phenoxy) is 2. The second kappa shape index (κ2) is 6.49. The van der Waals surface area contributed by atoms with E-state index in [0.29, 0.717) is 12.0 Å². The summed E-state index contributed by atoms with van der Waals surface area (Å²) in [6.45, 7) is -0.193. The van der Waals surface area contributed by atoms with Crippen molar-refractivity contribution < 1.29 is 14.6 Å². The van der Waals surface area contributed by atoms with E-state index in [2.05, 4.69) is 20.9 Å². The van der Waals surface area contributed by atoms with Gasteiger partial charge < -0.3 is 14.6 Å². The molecule has 2 N–H and O–H groups in total. The van der Waals surface area contributed by atoms with Gasteiger partial charge in [0, 0.05) is 19.7 Å². The highest BCUT2D eigenvalue weighted by atomic mass is 79.9. The molecule has 1 fully saturated rings. The number of H-pyrrole nitrogens is 1. The number of aromatic nitrogens is 2. The molecule has 0 saturated carbocycles. The number of halogens is 1. The van der Waals surface area contributed by atoms with Gasteiger partial charge in [0.2, 0.25) is 0 Å². The highest BCUT2D eigenvalue weighted by Crippen LogP contribution is 2.29.